The average molecular weight is 668 g/mol. The van der Waals surface area contributed by atoms with Crippen molar-refractivity contribution in [2.45, 2.75) is 45.2 Å². The van der Waals surface area contributed by atoms with E-state index in [1.807, 2.05) is 11.0 Å². The van der Waals surface area contributed by atoms with E-state index in [0.29, 0.717) is 47.5 Å². The Kier molecular flexibility index (Phi) is 11.1. The largest absolute Gasteiger partial charge is 0.494 e. The van der Waals surface area contributed by atoms with Gasteiger partial charge in [-0.15, -0.1) is 0 Å². The Labute approximate surface area is 280 Å². The number of amidine groups is 1. The molecule has 0 aromatic heterocycles. The lowest BCUT2D eigenvalue weighted by Crippen LogP contribution is -2.54. The van der Waals surface area contributed by atoms with Crippen molar-refractivity contribution in [2.75, 3.05) is 68.5 Å². The number of hydroxylamine groups is 2. The Morgan fingerprint density at radius 2 is 1.79 bits per heavy atom. The van der Waals surface area contributed by atoms with Crippen molar-refractivity contribution < 1.29 is 23.6 Å². The van der Waals surface area contributed by atoms with Crippen molar-refractivity contribution in [1.82, 2.24) is 14.9 Å². The molecule has 3 aliphatic heterocycles. The molecule has 5 rings (SSSR count). The summed E-state index contributed by atoms with van der Waals surface area (Å²) < 4.78 is 20.6. The second-order valence-corrected chi connectivity index (χ2v) is 12.4. The van der Waals surface area contributed by atoms with E-state index >= 15 is 0 Å². The molecule has 0 unspecified atom stereocenters. The Morgan fingerprint density at radius 3 is 2.45 bits per heavy atom. The number of halogens is 2. The fraction of sp³-hybridized carbons (Fsp3) is 0.441. The van der Waals surface area contributed by atoms with Crippen molar-refractivity contribution in [1.29, 1.82) is 5.41 Å². The number of hydrogen-bond acceptors (Lipinski definition) is 8. The molecule has 0 aliphatic carbocycles. The molecule has 47 heavy (non-hydrogen) atoms. The number of piperidine rings is 1. The molecule has 2 amide bonds. The Hall–Kier alpha value is -4.13. The standard InChI is InChI=1S/C34H43ClFN7O4/c1-5-33(45)39-27-20-28(38-32(37)19-22(2)43-29(11-18-47-43)25-7-6-8-26(35)34(25)36)31(46-4)21-30(27)42-12-9-24(10-13-42)41-16-14-40(15-17-41)23(3)44/h5-8,19-21,24,29H,1,9-18H2,2-4H3,(H2,37,38)(H,39,45)/b22-19+/t29-/m1/s1. The third-order valence-electron chi connectivity index (χ3n) is 9.06. The van der Waals surface area contributed by atoms with Gasteiger partial charge in [0.1, 0.15) is 17.4 Å². The van der Waals surface area contributed by atoms with Gasteiger partial charge < -0.3 is 25.2 Å². The van der Waals surface area contributed by atoms with Gasteiger partial charge in [-0.25, -0.2) is 4.39 Å². The number of nitrogens with zero attached hydrogens (tertiary/aromatic N) is 4. The fourth-order valence-electron chi connectivity index (χ4n) is 6.59. The number of allylic oxidation sites excluding steroid dienone is 1. The second kappa shape index (κ2) is 15.2. The number of hydrogen-bond donors (Lipinski definition) is 3. The van der Waals surface area contributed by atoms with Gasteiger partial charge >= 0.3 is 0 Å². The van der Waals surface area contributed by atoms with Crippen LogP contribution in [0, 0.1) is 11.2 Å². The summed E-state index contributed by atoms with van der Waals surface area (Å²) >= 11 is 6.04. The molecule has 11 nitrogen and oxygen atoms in total. The van der Waals surface area contributed by atoms with E-state index in [1.165, 1.54) is 12.1 Å². The number of nitrogens with one attached hydrogen (secondary N) is 3. The van der Waals surface area contributed by atoms with E-state index in [-0.39, 0.29) is 28.7 Å². The molecule has 3 aliphatic rings. The van der Waals surface area contributed by atoms with Crippen LogP contribution in [0.1, 0.15) is 44.7 Å². The molecular weight excluding hydrogens is 625 g/mol. The first-order valence-electron chi connectivity index (χ1n) is 15.9. The van der Waals surface area contributed by atoms with Crippen LogP contribution in [0.5, 0.6) is 5.75 Å². The maximum atomic E-state index is 14.8. The van der Waals surface area contributed by atoms with Crippen LogP contribution in [0.3, 0.4) is 0 Å². The summed E-state index contributed by atoms with van der Waals surface area (Å²) in [5.74, 6) is -0.156. The summed E-state index contributed by atoms with van der Waals surface area (Å²) in [7, 11) is 1.56. The molecule has 252 valence electrons. The summed E-state index contributed by atoms with van der Waals surface area (Å²) in [5.41, 5.74) is 2.91. The van der Waals surface area contributed by atoms with E-state index in [2.05, 4.69) is 27.0 Å². The van der Waals surface area contributed by atoms with E-state index in [0.717, 1.165) is 57.8 Å². The van der Waals surface area contributed by atoms with Gasteiger partial charge in [-0.2, -0.15) is 0 Å². The minimum Gasteiger partial charge on any atom is -0.494 e. The van der Waals surface area contributed by atoms with Crippen LogP contribution in [-0.4, -0.2) is 91.5 Å². The number of rotatable bonds is 9. The third-order valence-corrected chi connectivity index (χ3v) is 9.35. The van der Waals surface area contributed by atoms with Crippen LogP contribution in [0.25, 0.3) is 0 Å². The highest BCUT2D eigenvalue weighted by atomic mass is 35.5. The first-order valence-corrected chi connectivity index (χ1v) is 16.3. The highest BCUT2D eigenvalue weighted by molar-refractivity contribution is 6.30. The van der Waals surface area contributed by atoms with Crippen LogP contribution in [-0.2, 0) is 14.4 Å². The monoisotopic (exact) mass is 667 g/mol. The van der Waals surface area contributed by atoms with E-state index < -0.39 is 5.82 Å². The third kappa shape index (κ3) is 7.89. The zero-order valence-corrected chi connectivity index (χ0v) is 27.9. The second-order valence-electron chi connectivity index (χ2n) is 12.0. The van der Waals surface area contributed by atoms with Crippen LogP contribution < -0.4 is 20.3 Å². The predicted octanol–water partition coefficient (Wildman–Crippen LogP) is 5.42. The molecule has 0 bridgehead atoms. The van der Waals surface area contributed by atoms with Crippen molar-refractivity contribution >= 4 is 46.3 Å². The topological polar surface area (TPSA) is 113 Å². The van der Waals surface area contributed by atoms with Crippen molar-refractivity contribution in [3.63, 3.8) is 0 Å². The summed E-state index contributed by atoms with van der Waals surface area (Å²) in [6.07, 6.45) is 5.28. The number of amides is 2. The van der Waals surface area contributed by atoms with Gasteiger partial charge in [0.15, 0.2) is 0 Å². The highest BCUT2D eigenvalue weighted by Crippen LogP contribution is 2.40. The summed E-state index contributed by atoms with van der Waals surface area (Å²) in [6, 6.07) is 8.58. The Morgan fingerprint density at radius 1 is 1.06 bits per heavy atom. The average Bonchev–Trinajstić information content (AvgIpc) is 3.56. The van der Waals surface area contributed by atoms with Gasteiger partial charge in [0.2, 0.25) is 11.8 Å². The molecule has 2 aromatic rings. The van der Waals surface area contributed by atoms with E-state index in [4.69, 9.17) is 26.6 Å². The summed E-state index contributed by atoms with van der Waals surface area (Å²) in [6.45, 7) is 12.3. The molecule has 3 heterocycles. The highest BCUT2D eigenvalue weighted by Gasteiger charge is 2.32. The lowest BCUT2D eigenvalue weighted by atomic mass is 10.0. The Bertz CT molecular complexity index is 1540. The first kappa shape index (κ1) is 34.2. The number of carbonyl (C=O) groups excluding carboxylic acids is 2. The van der Waals surface area contributed by atoms with Crippen molar-refractivity contribution in [2.24, 2.45) is 0 Å². The van der Waals surface area contributed by atoms with Crippen LogP contribution in [0.4, 0.5) is 21.5 Å². The molecule has 0 spiro atoms. The number of methoxy groups -OCH3 is 1. The van der Waals surface area contributed by atoms with Crippen LogP contribution >= 0.6 is 11.6 Å². The predicted molar refractivity (Wildman–Crippen MR) is 183 cm³/mol. The number of benzene rings is 2. The molecule has 3 fully saturated rings. The molecule has 13 heteroatoms. The lowest BCUT2D eigenvalue weighted by molar-refractivity contribution is -0.131. The van der Waals surface area contributed by atoms with Gasteiger partial charge in [0.05, 0.1) is 41.8 Å². The van der Waals surface area contributed by atoms with Gasteiger partial charge in [-0.1, -0.05) is 30.3 Å². The normalized spacial score (nSPS) is 19.5. The van der Waals surface area contributed by atoms with Crippen molar-refractivity contribution in [3.05, 3.63) is 71.2 Å². The molecule has 3 saturated heterocycles. The Balaban J connectivity index is 1.31. The minimum absolute atomic E-state index is 0.0426. The SMILES string of the molecule is C=CC(=O)Nc1cc(NC(=N)/C=C(\C)N2OCC[C@@H]2c2cccc(Cl)c2F)c(OC)cc1N1CCC(N2CCN(C(C)=O)CC2)CC1. The van der Waals surface area contributed by atoms with Crippen molar-refractivity contribution in [3.8, 4) is 5.75 Å². The molecule has 1 atom stereocenters. The lowest BCUT2D eigenvalue weighted by Gasteiger charge is -2.43. The van der Waals surface area contributed by atoms with Gasteiger partial charge in [-0.3, -0.25) is 29.8 Å². The van der Waals surface area contributed by atoms with E-state index in [9.17, 15) is 14.0 Å². The van der Waals surface area contributed by atoms with Gasteiger partial charge in [0, 0.05) is 82.1 Å². The zero-order valence-electron chi connectivity index (χ0n) is 27.2. The maximum absolute atomic E-state index is 14.8. The molecule has 0 radical (unpaired) electrons. The zero-order chi connectivity index (χ0) is 33.7. The molecular formula is C34H43ClFN7O4. The summed E-state index contributed by atoms with van der Waals surface area (Å²) in [4.78, 5) is 36.7. The summed E-state index contributed by atoms with van der Waals surface area (Å²) in [5, 5.41) is 16.4. The van der Waals surface area contributed by atoms with E-state index in [1.54, 1.807) is 50.3 Å². The van der Waals surface area contributed by atoms with Crippen LogP contribution in [0.15, 0.2) is 54.8 Å². The number of piperazine rings is 1. The quantitative estimate of drug-likeness (QED) is 0.185. The molecule has 3 N–H and O–H groups in total. The minimum atomic E-state index is -0.480. The number of anilines is 3. The van der Waals surface area contributed by atoms with Gasteiger partial charge in [0.25, 0.3) is 0 Å². The van der Waals surface area contributed by atoms with Crippen LogP contribution in [0.2, 0.25) is 5.02 Å². The first-order chi connectivity index (χ1) is 22.6. The van der Waals surface area contributed by atoms with Gasteiger partial charge in [-0.05, 0) is 38.0 Å². The fourth-order valence-corrected chi connectivity index (χ4v) is 6.77. The maximum Gasteiger partial charge on any atom is 0.247 e. The molecule has 2 aromatic carbocycles. The smallest absolute Gasteiger partial charge is 0.247 e. The number of ether oxygens (including phenoxy) is 1. The molecule has 0 saturated carbocycles. The number of carbonyl (C=O) groups is 2.